The normalized spacial score (nSPS) is 32.1. The molecule has 1 aliphatic heterocycles. The molecular formula is C12H19NO8. The molecule has 1 aliphatic rings. The number of esters is 3. The van der Waals surface area contributed by atoms with E-state index in [4.69, 9.17) is 24.7 Å². The molecule has 9 heteroatoms. The van der Waals surface area contributed by atoms with Crippen LogP contribution in [0.5, 0.6) is 0 Å². The van der Waals surface area contributed by atoms with Crippen LogP contribution in [0.1, 0.15) is 20.8 Å². The van der Waals surface area contributed by atoms with Gasteiger partial charge in [0.25, 0.3) is 0 Å². The van der Waals surface area contributed by atoms with Crippen LogP contribution in [0.25, 0.3) is 0 Å². The molecule has 0 aromatic rings. The summed E-state index contributed by atoms with van der Waals surface area (Å²) in [6, 6.07) is -1.10. The summed E-state index contributed by atoms with van der Waals surface area (Å²) >= 11 is 0. The van der Waals surface area contributed by atoms with Gasteiger partial charge >= 0.3 is 17.9 Å². The minimum atomic E-state index is -1.46. The highest BCUT2D eigenvalue weighted by atomic mass is 16.7. The SMILES string of the molecule is CC(=O)OC[C@H]1O[C@H](O)[C@H](N)[C@@H](OC(C)=O)[C@@H]1OC(C)=O. The molecule has 0 saturated carbocycles. The lowest BCUT2D eigenvalue weighted by molar-refractivity contribution is -0.260. The van der Waals surface area contributed by atoms with E-state index in [0.717, 1.165) is 13.8 Å². The minimum Gasteiger partial charge on any atom is -0.463 e. The summed E-state index contributed by atoms with van der Waals surface area (Å²) in [7, 11) is 0. The smallest absolute Gasteiger partial charge is 0.303 e. The van der Waals surface area contributed by atoms with E-state index in [2.05, 4.69) is 0 Å². The molecule has 1 saturated heterocycles. The van der Waals surface area contributed by atoms with Crippen molar-refractivity contribution in [3.05, 3.63) is 0 Å². The molecule has 0 radical (unpaired) electrons. The molecule has 3 N–H and O–H groups in total. The fourth-order valence-corrected chi connectivity index (χ4v) is 1.95. The Bertz CT molecular complexity index is 412. The molecule has 21 heavy (non-hydrogen) atoms. The Kier molecular flexibility index (Phi) is 6.06. The van der Waals surface area contributed by atoms with Gasteiger partial charge in [0.2, 0.25) is 0 Å². The molecule has 0 unspecified atom stereocenters. The Balaban J connectivity index is 2.94. The van der Waals surface area contributed by atoms with Gasteiger partial charge in [0, 0.05) is 20.8 Å². The van der Waals surface area contributed by atoms with Crippen molar-refractivity contribution in [3.63, 3.8) is 0 Å². The van der Waals surface area contributed by atoms with Crippen molar-refractivity contribution in [2.24, 2.45) is 5.73 Å². The lowest BCUT2D eigenvalue weighted by Gasteiger charge is -2.41. The van der Waals surface area contributed by atoms with E-state index in [1.54, 1.807) is 0 Å². The van der Waals surface area contributed by atoms with Crippen molar-refractivity contribution in [1.29, 1.82) is 0 Å². The van der Waals surface area contributed by atoms with Gasteiger partial charge in [0.1, 0.15) is 12.7 Å². The number of rotatable bonds is 4. The summed E-state index contributed by atoms with van der Waals surface area (Å²) in [5.41, 5.74) is 5.70. The zero-order valence-corrected chi connectivity index (χ0v) is 12.0. The van der Waals surface area contributed by atoms with Crippen molar-refractivity contribution in [2.75, 3.05) is 6.61 Å². The largest absolute Gasteiger partial charge is 0.463 e. The van der Waals surface area contributed by atoms with Gasteiger partial charge in [-0.15, -0.1) is 0 Å². The number of hydrogen-bond acceptors (Lipinski definition) is 9. The quantitative estimate of drug-likeness (QED) is 0.468. The third-order valence-electron chi connectivity index (χ3n) is 2.77. The molecule has 0 amide bonds. The maximum absolute atomic E-state index is 11.2. The molecule has 1 heterocycles. The minimum absolute atomic E-state index is 0.283. The molecule has 0 bridgehead atoms. The summed E-state index contributed by atoms with van der Waals surface area (Å²) < 4.78 is 20.0. The highest BCUT2D eigenvalue weighted by Gasteiger charge is 2.48. The molecular weight excluding hydrogens is 286 g/mol. The Morgan fingerprint density at radius 3 is 2.05 bits per heavy atom. The maximum atomic E-state index is 11.2. The lowest BCUT2D eigenvalue weighted by atomic mass is 9.97. The molecule has 0 aromatic carbocycles. The predicted molar refractivity (Wildman–Crippen MR) is 66.6 cm³/mol. The summed E-state index contributed by atoms with van der Waals surface area (Å²) in [6.07, 6.45) is -4.67. The van der Waals surface area contributed by atoms with Crippen molar-refractivity contribution in [3.8, 4) is 0 Å². The van der Waals surface area contributed by atoms with Crippen LogP contribution < -0.4 is 5.73 Å². The number of carbonyl (C=O) groups excluding carboxylic acids is 3. The van der Waals surface area contributed by atoms with Crippen LogP contribution in [0.15, 0.2) is 0 Å². The van der Waals surface area contributed by atoms with Crippen LogP contribution in [0.3, 0.4) is 0 Å². The Morgan fingerprint density at radius 1 is 1.05 bits per heavy atom. The van der Waals surface area contributed by atoms with Crippen LogP contribution in [-0.4, -0.2) is 60.3 Å². The number of nitrogens with two attached hydrogens (primary N) is 1. The van der Waals surface area contributed by atoms with Gasteiger partial charge in [0.15, 0.2) is 18.5 Å². The fourth-order valence-electron chi connectivity index (χ4n) is 1.95. The van der Waals surface area contributed by atoms with Crippen molar-refractivity contribution >= 4 is 17.9 Å². The first-order chi connectivity index (χ1) is 9.72. The van der Waals surface area contributed by atoms with E-state index >= 15 is 0 Å². The number of ether oxygens (including phenoxy) is 4. The summed E-state index contributed by atoms with van der Waals surface area (Å²) in [5.74, 6) is -1.89. The monoisotopic (exact) mass is 305 g/mol. The molecule has 9 nitrogen and oxygen atoms in total. The van der Waals surface area contributed by atoms with Crippen molar-refractivity contribution in [2.45, 2.75) is 51.4 Å². The van der Waals surface area contributed by atoms with E-state index in [9.17, 15) is 19.5 Å². The second kappa shape index (κ2) is 7.34. The third kappa shape index (κ3) is 4.96. The number of aliphatic hydroxyl groups is 1. The molecule has 0 spiro atoms. The maximum Gasteiger partial charge on any atom is 0.303 e. The number of hydrogen-bond donors (Lipinski definition) is 2. The summed E-state index contributed by atoms with van der Waals surface area (Å²) in [4.78, 5) is 33.2. The van der Waals surface area contributed by atoms with Gasteiger partial charge < -0.3 is 29.8 Å². The second-order valence-electron chi connectivity index (χ2n) is 4.59. The van der Waals surface area contributed by atoms with Crippen molar-refractivity contribution < 1.29 is 38.4 Å². The molecule has 0 aromatic heterocycles. The highest BCUT2D eigenvalue weighted by molar-refractivity contribution is 5.67. The van der Waals surface area contributed by atoms with Crippen LogP contribution in [0, 0.1) is 0 Å². The second-order valence-corrected chi connectivity index (χ2v) is 4.59. The standard InChI is InChI=1S/C12H19NO8/c1-5(14)18-4-8-10(19-6(2)15)11(20-7(3)16)9(13)12(17)21-8/h8-12,17H,4,13H2,1-3H3/t8-,9-,10-,11-,12+/m1/s1. The van der Waals surface area contributed by atoms with Gasteiger partial charge in [-0.25, -0.2) is 0 Å². The van der Waals surface area contributed by atoms with Crippen molar-refractivity contribution in [1.82, 2.24) is 0 Å². The molecule has 1 rings (SSSR count). The first-order valence-electron chi connectivity index (χ1n) is 6.29. The zero-order chi connectivity index (χ0) is 16.2. The van der Waals surface area contributed by atoms with E-state index in [0.29, 0.717) is 0 Å². The molecule has 0 aliphatic carbocycles. The molecule has 1 fully saturated rings. The predicted octanol–water partition coefficient (Wildman–Crippen LogP) is -1.54. The van der Waals surface area contributed by atoms with Gasteiger partial charge in [0.05, 0.1) is 6.04 Å². The highest BCUT2D eigenvalue weighted by Crippen LogP contribution is 2.24. The van der Waals surface area contributed by atoms with Gasteiger partial charge in [-0.3, -0.25) is 14.4 Å². The first-order valence-corrected chi connectivity index (χ1v) is 6.29. The number of carbonyl (C=O) groups is 3. The number of aliphatic hydroxyl groups excluding tert-OH is 1. The van der Waals surface area contributed by atoms with E-state index in [1.165, 1.54) is 6.92 Å². The fraction of sp³-hybridized carbons (Fsp3) is 0.750. The third-order valence-corrected chi connectivity index (χ3v) is 2.77. The average Bonchev–Trinajstić information content (AvgIpc) is 2.35. The van der Waals surface area contributed by atoms with Crippen LogP contribution in [0.4, 0.5) is 0 Å². The van der Waals surface area contributed by atoms with Gasteiger partial charge in [-0.1, -0.05) is 0 Å². The summed E-state index contributed by atoms with van der Waals surface area (Å²) in [6.45, 7) is 3.22. The van der Waals surface area contributed by atoms with Gasteiger partial charge in [-0.05, 0) is 0 Å². The van der Waals surface area contributed by atoms with Crippen LogP contribution in [0.2, 0.25) is 0 Å². The molecule has 5 atom stereocenters. The zero-order valence-electron chi connectivity index (χ0n) is 12.0. The van der Waals surface area contributed by atoms with E-state index in [1.807, 2.05) is 0 Å². The van der Waals surface area contributed by atoms with E-state index < -0.39 is 48.6 Å². The van der Waals surface area contributed by atoms with Crippen LogP contribution >= 0.6 is 0 Å². The topological polar surface area (TPSA) is 134 Å². The lowest BCUT2D eigenvalue weighted by Crippen LogP contribution is -2.64. The van der Waals surface area contributed by atoms with Gasteiger partial charge in [-0.2, -0.15) is 0 Å². The Labute approximate surface area is 121 Å². The van der Waals surface area contributed by atoms with E-state index in [-0.39, 0.29) is 6.61 Å². The Hall–Kier alpha value is -1.71. The molecule has 120 valence electrons. The summed E-state index contributed by atoms with van der Waals surface area (Å²) in [5, 5.41) is 9.73. The first kappa shape index (κ1) is 17.3. The average molecular weight is 305 g/mol. The Morgan fingerprint density at radius 2 is 1.57 bits per heavy atom. The van der Waals surface area contributed by atoms with Crippen LogP contribution in [-0.2, 0) is 33.3 Å².